The average molecular weight is 389 g/mol. The summed E-state index contributed by atoms with van der Waals surface area (Å²) in [5, 5.41) is 8.18. The van der Waals surface area contributed by atoms with E-state index in [1.54, 1.807) is 0 Å². The van der Waals surface area contributed by atoms with E-state index in [9.17, 15) is 19.2 Å². The first-order valence-corrected chi connectivity index (χ1v) is 9.63. The molecule has 8 heteroatoms. The lowest BCUT2D eigenvalue weighted by Gasteiger charge is -2.42. The standard InChI is InChI=1S/C20H27N3O5/c1-19(2,3)14(22-16(25)12-7-10-28-11-12)17(26)23-20(8-4-9-20)15(24)18(27)21-13-5-6-13/h7,10-11,13-14H,4-6,8-9H2,1-3H3,(H,21,27)(H,22,25)(H,23,26)/t14-/m1/s1. The Labute approximate surface area is 163 Å². The van der Waals surface area contributed by atoms with Crippen molar-refractivity contribution >= 4 is 23.5 Å². The highest BCUT2D eigenvalue weighted by Gasteiger charge is 2.50. The highest BCUT2D eigenvalue weighted by Crippen LogP contribution is 2.34. The van der Waals surface area contributed by atoms with Crippen LogP contribution in [0.2, 0.25) is 0 Å². The van der Waals surface area contributed by atoms with E-state index in [1.807, 2.05) is 20.8 Å². The summed E-state index contributed by atoms with van der Waals surface area (Å²) in [6.07, 6.45) is 6.03. The molecule has 1 aromatic rings. The highest BCUT2D eigenvalue weighted by molar-refractivity contribution is 6.40. The Morgan fingerprint density at radius 2 is 1.86 bits per heavy atom. The lowest BCUT2D eigenvalue weighted by atomic mass is 9.72. The van der Waals surface area contributed by atoms with Gasteiger partial charge >= 0.3 is 0 Å². The van der Waals surface area contributed by atoms with E-state index < -0.39 is 40.5 Å². The number of carbonyl (C=O) groups excluding carboxylic acids is 4. The van der Waals surface area contributed by atoms with Crippen LogP contribution in [0.15, 0.2) is 23.0 Å². The van der Waals surface area contributed by atoms with Crippen molar-refractivity contribution in [2.24, 2.45) is 5.41 Å². The van der Waals surface area contributed by atoms with Gasteiger partial charge in [-0.05, 0) is 43.6 Å². The Morgan fingerprint density at radius 3 is 2.32 bits per heavy atom. The van der Waals surface area contributed by atoms with Crippen molar-refractivity contribution in [3.8, 4) is 0 Å². The van der Waals surface area contributed by atoms with E-state index in [1.165, 1.54) is 18.6 Å². The van der Waals surface area contributed by atoms with Gasteiger partial charge in [0.05, 0.1) is 11.8 Å². The minimum atomic E-state index is -1.18. The number of hydrogen-bond acceptors (Lipinski definition) is 5. The van der Waals surface area contributed by atoms with Gasteiger partial charge in [-0.2, -0.15) is 0 Å². The zero-order valence-electron chi connectivity index (χ0n) is 16.5. The van der Waals surface area contributed by atoms with Crippen molar-refractivity contribution in [1.29, 1.82) is 0 Å². The predicted molar refractivity (Wildman–Crippen MR) is 100 cm³/mol. The van der Waals surface area contributed by atoms with Crippen LogP contribution in [-0.2, 0) is 14.4 Å². The van der Waals surface area contributed by atoms with Crippen LogP contribution in [0, 0.1) is 5.41 Å². The quantitative estimate of drug-likeness (QED) is 0.608. The van der Waals surface area contributed by atoms with Gasteiger partial charge in [-0.1, -0.05) is 20.8 Å². The molecule has 0 saturated heterocycles. The van der Waals surface area contributed by atoms with E-state index in [0.717, 1.165) is 19.3 Å². The summed E-state index contributed by atoms with van der Waals surface area (Å²) in [5.74, 6) is -2.16. The van der Waals surface area contributed by atoms with E-state index >= 15 is 0 Å². The highest BCUT2D eigenvalue weighted by atomic mass is 16.3. The molecule has 3 N–H and O–H groups in total. The van der Waals surface area contributed by atoms with Crippen molar-refractivity contribution in [2.75, 3.05) is 0 Å². The zero-order valence-corrected chi connectivity index (χ0v) is 16.5. The maximum Gasteiger partial charge on any atom is 0.290 e. The number of rotatable bonds is 7. The number of carbonyl (C=O) groups is 4. The van der Waals surface area contributed by atoms with E-state index in [0.29, 0.717) is 18.4 Å². The molecule has 28 heavy (non-hydrogen) atoms. The first-order valence-electron chi connectivity index (χ1n) is 9.63. The lowest BCUT2D eigenvalue weighted by molar-refractivity contribution is -0.146. The van der Waals surface area contributed by atoms with Gasteiger partial charge in [-0.3, -0.25) is 19.2 Å². The summed E-state index contributed by atoms with van der Waals surface area (Å²) in [4.78, 5) is 50.4. The van der Waals surface area contributed by atoms with Crippen LogP contribution in [0.4, 0.5) is 0 Å². The third-order valence-corrected chi connectivity index (χ3v) is 5.31. The molecule has 0 aliphatic heterocycles. The topological polar surface area (TPSA) is 118 Å². The monoisotopic (exact) mass is 389 g/mol. The summed E-state index contributed by atoms with van der Waals surface area (Å²) in [7, 11) is 0. The number of Topliss-reactive ketones (excluding diaryl/α,β-unsaturated/α-hetero) is 1. The number of furan rings is 1. The van der Waals surface area contributed by atoms with Gasteiger partial charge in [0.15, 0.2) is 0 Å². The summed E-state index contributed by atoms with van der Waals surface area (Å²) in [5.41, 5.74) is -1.48. The second-order valence-corrected chi connectivity index (χ2v) is 8.79. The van der Waals surface area contributed by atoms with E-state index in [2.05, 4.69) is 16.0 Å². The Kier molecular flexibility index (Phi) is 5.32. The Bertz CT molecular complexity index is 770. The largest absolute Gasteiger partial charge is 0.472 e. The van der Waals surface area contributed by atoms with Crippen molar-refractivity contribution in [3.63, 3.8) is 0 Å². The molecule has 2 saturated carbocycles. The van der Waals surface area contributed by atoms with Crippen molar-refractivity contribution in [2.45, 2.75) is 70.5 Å². The van der Waals surface area contributed by atoms with Gasteiger partial charge in [0.1, 0.15) is 17.8 Å². The Balaban J connectivity index is 1.71. The summed E-state index contributed by atoms with van der Waals surface area (Å²) in [6, 6.07) is 0.694. The smallest absolute Gasteiger partial charge is 0.290 e. The van der Waals surface area contributed by atoms with Crippen LogP contribution in [0.5, 0.6) is 0 Å². The van der Waals surface area contributed by atoms with E-state index in [-0.39, 0.29) is 6.04 Å². The maximum atomic E-state index is 13.0. The molecule has 0 bridgehead atoms. The normalized spacial score (nSPS) is 19.1. The molecular weight excluding hydrogens is 362 g/mol. The van der Waals surface area contributed by atoms with Gasteiger partial charge < -0.3 is 20.4 Å². The number of amides is 3. The van der Waals surface area contributed by atoms with Gasteiger partial charge in [-0.15, -0.1) is 0 Å². The van der Waals surface area contributed by atoms with Crippen molar-refractivity contribution in [1.82, 2.24) is 16.0 Å². The zero-order chi connectivity index (χ0) is 20.5. The van der Waals surface area contributed by atoms with Crippen molar-refractivity contribution in [3.05, 3.63) is 24.2 Å². The molecule has 2 aliphatic rings. The fourth-order valence-corrected chi connectivity index (χ4v) is 3.23. The molecule has 2 fully saturated rings. The molecule has 1 heterocycles. The van der Waals surface area contributed by atoms with Gasteiger partial charge in [-0.25, -0.2) is 0 Å². The first-order chi connectivity index (χ1) is 13.1. The molecule has 152 valence electrons. The predicted octanol–water partition coefficient (Wildman–Crippen LogP) is 1.31. The average Bonchev–Trinajstić information content (AvgIpc) is 3.22. The molecule has 0 unspecified atom stereocenters. The van der Waals surface area contributed by atoms with Crippen LogP contribution in [0.3, 0.4) is 0 Å². The third kappa shape index (κ3) is 4.26. The SMILES string of the molecule is CC(C)(C)[C@H](NC(=O)c1ccoc1)C(=O)NC1(C(=O)C(=O)NC2CC2)CCC1. The summed E-state index contributed by atoms with van der Waals surface area (Å²) >= 11 is 0. The summed E-state index contributed by atoms with van der Waals surface area (Å²) in [6.45, 7) is 5.46. The second-order valence-electron chi connectivity index (χ2n) is 8.79. The molecule has 1 aromatic heterocycles. The van der Waals surface area contributed by atoms with Crippen LogP contribution in [0.1, 0.15) is 63.2 Å². The fourth-order valence-electron chi connectivity index (χ4n) is 3.23. The molecule has 0 spiro atoms. The van der Waals surface area contributed by atoms with Crippen LogP contribution in [-0.4, -0.2) is 41.1 Å². The minimum Gasteiger partial charge on any atom is -0.472 e. The molecule has 0 aromatic carbocycles. The van der Waals surface area contributed by atoms with Crippen LogP contribution < -0.4 is 16.0 Å². The molecule has 0 radical (unpaired) electrons. The number of nitrogens with one attached hydrogen (secondary N) is 3. The van der Waals surface area contributed by atoms with Crippen molar-refractivity contribution < 1.29 is 23.6 Å². The lowest BCUT2D eigenvalue weighted by Crippen LogP contribution is -2.66. The molecule has 2 aliphatic carbocycles. The second kappa shape index (κ2) is 7.41. The van der Waals surface area contributed by atoms with Gasteiger partial charge in [0.2, 0.25) is 11.7 Å². The summed E-state index contributed by atoms with van der Waals surface area (Å²) < 4.78 is 4.91. The molecule has 8 nitrogen and oxygen atoms in total. The van der Waals surface area contributed by atoms with Crippen LogP contribution in [0.25, 0.3) is 0 Å². The van der Waals surface area contributed by atoms with Gasteiger partial charge in [0.25, 0.3) is 11.8 Å². The third-order valence-electron chi connectivity index (χ3n) is 5.31. The molecule has 1 atom stereocenters. The minimum absolute atomic E-state index is 0.0702. The molecular formula is C20H27N3O5. The Morgan fingerprint density at radius 1 is 1.18 bits per heavy atom. The van der Waals surface area contributed by atoms with Crippen LogP contribution >= 0.6 is 0 Å². The maximum absolute atomic E-state index is 13.0. The number of hydrogen-bond donors (Lipinski definition) is 3. The number of ketones is 1. The molecule has 3 amide bonds. The molecule has 3 rings (SSSR count). The Hall–Kier alpha value is -2.64. The fraction of sp³-hybridized carbons (Fsp3) is 0.600. The van der Waals surface area contributed by atoms with Gasteiger partial charge in [0, 0.05) is 6.04 Å². The van der Waals surface area contributed by atoms with E-state index in [4.69, 9.17) is 4.42 Å². The first kappa shape index (κ1) is 20.1.